The number of hydrogen-bond acceptors (Lipinski definition) is 3. The number of hydrogen-bond donors (Lipinski definition) is 1. The fraction of sp³-hybridized carbons (Fsp3) is 0.667. The van der Waals surface area contributed by atoms with Gasteiger partial charge in [0.1, 0.15) is 6.10 Å². The van der Waals surface area contributed by atoms with Crippen LogP contribution < -0.4 is 0 Å². The summed E-state index contributed by atoms with van der Waals surface area (Å²) >= 11 is 0. The third kappa shape index (κ3) is 30.2. The van der Waals surface area contributed by atoms with E-state index in [2.05, 4.69) is 74.6 Å². The van der Waals surface area contributed by atoms with Gasteiger partial charge in [0.05, 0.1) is 0 Å². The van der Waals surface area contributed by atoms with Crippen molar-refractivity contribution in [3.8, 4) is 0 Å². The number of rotatable bonds is 28. The highest BCUT2D eigenvalue weighted by atomic mass is 16.5. The highest BCUT2D eigenvalue weighted by molar-refractivity contribution is 5.69. The van der Waals surface area contributed by atoms with Crippen LogP contribution in [0.3, 0.4) is 0 Å². The zero-order valence-corrected chi connectivity index (χ0v) is 25.9. The van der Waals surface area contributed by atoms with Crippen molar-refractivity contribution in [2.24, 2.45) is 0 Å². The van der Waals surface area contributed by atoms with Gasteiger partial charge in [-0.15, -0.1) is 0 Å². The lowest BCUT2D eigenvalue weighted by atomic mass is 10.0. The quantitative estimate of drug-likeness (QED) is 0.0591. The highest BCUT2D eigenvalue weighted by Crippen LogP contribution is 2.16. The Kier molecular flexibility index (Phi) is 29.3. The summed E-state index contributed by atoms with van der Waals surface area (Å²) in [5.41, 5.74) is 0. The van der Waals surface area contributed by atoms with Gasteiger partial charge in [-0.2, -0.15) is 0 Å². The zero-order valence-electron chi connectivity index (χ0n) is 25.9. The molecule has 0 spiro atoms. The number of ether oxygens (including phenoxy) is 1. The smallest absolute Gasteiger partial charge is 0.306 e. The topological polar surface area (TPSA) is 63.6 Å². The van der Waals surface area contributed by atoms with Crippen LogP contribution in [0.5, 0.6) is 0 Å². The van der Waals surface area contributed by atoms with Crippen LogP contribution >= 0.6 is 0 Å². The van der Waals surface area contributed by atoms with E-state index in [1.807, 2.05) is 0 Å². The molecule has 228 valence electrons. The predicted octanol–water partition coefficient (Wildman–Crippen LogP) is 11.0. The molecule has 0 rings (SSSR count). The molecule has 4 heteroatoms. The maximum absolute atomic E-state index is 12.3. The number of esters is 1. The Balaban J connectivity index is 3.75. The number of aliphatic carboxylic acids is 1. The van der Waals surface area contributed by atoms with E-state index in [1.165, 1.54) is 32.1 Å². The first-order valence-electron chi connectivity index (χ1n) is 16.3. The van der Waals surface area contributed by atoms with Crippen molar-refractivity contribution in [1.29, 1.82) is 0 Å². The predicted molar refractivity (Wildman–Crippen MR) is 172 cm³/mol. The summed E-state index contributed by atoms with van der Waals surface area (Å²) in [6, 6.07) is 0. The second kappa shape index (κ2) is 31.2. The van der Waals surface area contributed by atoms with Crippen molar-refractivity contribution in [2.75, 3.05) is 0 Å². The molecular formula is C36H60O4. The Morgan fingerprint density at radius 2 is 1.05 bits per heavy atom. The summed E-state index contributed by atoms with van der Waals surface area (Å²) in [5.74, 6) is -0.734. The van der Waals surface area contributed by atoms with Gasteiger partial charge in [0.25, 0.3) is 0 Å². The molecule has 40 heavy (non-hydrogen) atoms. The van der Waals surface area contributed by atoms with Gasteiger partial charge < -0.3 is 9.84 Å². The van der Waals surface area contributed by atoms with Crippen LogP contribution in [0.15, 0.2) is 60.8 Å². The number of carboxylic acids is 1. The lowest BCUT2D eigenvalue weighted by molar-refractivity contribution is -0.150. The van der Waals surface area contributed by atoms with Crippen molar-refractivity contribution < 1.29 is 19.4 Å². The molecule has 0 aliphatic carbocycles. The molecule has 0 aromatic rings. The first-order valence-corrected chi connectivity index (χ1v) is 16.3. The maximum atomic E-state index is 12.3. The van der Waals surface area contributed by atoms with Crippen LogP contribution in [0.4, 0.5) is 0 Å². The molecule has 4 nitrogen and oxygen atoms in total. The third-order valence-corrected chi connectivity index (χ3v) is 6.73. The highest BCUT2D eigenvalue weighted by Gasteiger charge is 2.13. The minimum atomic E-state index is -0.687. The number of carbonyl (C=O) groups is 2. The van der Waals surface area contributed by atoms with Crippen LogP contribution in [0.25, 0.3) is 0 Å². The van der Waals surface area contributed by atoms with Crippen LogP contribution in [0.1, 0.15) is 149 Å². The summed E-state index contributed by atoms with van der Waals surface area (Å²) in [7, 11) is 0. The second-order valence-corrected chi connectivity index (χ2v) is 10.6. The Hall–Kier alpha value is -2.36. The first-order chi connectivity index (χ1) is 19.6. The first kappa shape index (κ1) is 37.6. The van der Waals surface area contributed by atoms with Crippen molar-refractivity contribution in [1.82, 2.24) is 0 Å². The van der Waals surface area contributed by atoms with E-state index in [-0.39, 0.29) is 12.1 Å². The number of carbonyl (C=O) groups excluding carboxylic acids is 1. The molecule has 0 radical (unpaired) electrons. The molecule has 0 saturated heterocycles. The molecule has 0 heterocycles. The lowest BCUT2D eigenvalue weighted by Crippen LogP contribution is -2.18. The molecule has 0 fully saturated rings. The maximum Gasteiger partial charge on any atom is 0.306 e. The molecule has 0 bridgehead atoms. The van der Waals surface area contributed by atoms with Crippen molar-refractivity contribution in [2.45, 2.75) is 155 Å². The summed E-state index contributed by atoms with van der Waals surface area (Å²) in [6.07, 6.45) is 42.8. The average Bonchev–Trinajstić information content (AvgIpc) is 2.93. The Labute approximate surface area is 246 Å². The standard InChI is InChI=1S/C36H60O4/c1-3-5-6-7-8-9-10-11-12-13-14-15-16-20-23-26-29-33-36(39)40-34(30-4-2)31-27-24-21-18-17-19-22-25-28-32-35(37)38/h5-6,8-9,11-12,14-15,20,23,34H,3-4,7,10,13,16-19,21-22,24-33H2,1-2H3,(H,37,38)/b6-5-,9-8-,12-11-,15-14-,23-20-. The minimum absolute atomic E-state index is 0.0475. The van der Waals surface area contributed by atoms with Gasteiger partial charge in [-0.3, -0.25) is 9.59 Å². The lowest BCUT2D eigenvalue weighted by Gasteiger charge is -2.17. The van der Waals surface area contributed by atoms with E-state index in [1.54, 1.807) is 0 Å². The van der Waals surface area contributed by atoms with E-state index in [0.717, 1.165) is 89.9 Å². The van der Waals surface area contributed by atoms with Gasteiger partial charge in [-0.25, -0.2) is 0 Å². The number of carboxylic acid groups (broad SMARTS) is 1. The summed E-state index contributed by atoms with van der Waals surface area (Å²) < 4.78 is 5.79. The van der Waals surface area contributed by atoms with E-state index in [4.69, 9.17) is 9.84 Å². The molecule has 1 N–H and O–H groups in total. The van der Waals surface area contributed by atoms with Crippen molar-refractivity contribution >= 4 is 11.9 Å². The molecule has 0 aromatic carbocycles. The second-order valence-electron chi connectivity index (χ2n) is 10.6. The Bertz CT molecular complexity index is 729. The normalized spacial score (nSPS) is 13.1. The van der Waals surface area contributed by atoms with Crippen molar-refractivity contribution in [3.63, 3.8) is 0 Å². The van der Waals surface area contributed by atoms with Crippen LogP contribution in [0, 0.1) is 0 Å². The monoisotopic (exact) mass is 556 g/mol. The third-order valence-electron chi connectivity index (χ3n) is 6.73. The average molecular weight is 557 g/mol. The molecule has 0 amide bonds. The van der Waals surface area contributed by atoms with E-state index in [9.17, 15) is 9.59 Å². The molecule has 0 aromatic heterocycles. The van der Waals surface area contributed by atoms with Crippen LogP contribution in [0.2, 0.25) is 0 Å². The molecule has 0 aliphatic rings. The minimum Gasteiger partial charge on any atom is -0.481 e. The Morgan fingerprint density at radius 1 is 0.575 bits per heavy atom. The molecule has 1 unspecified atom stereocenters. The van der Waals surface area contributed by atoms with E-state index >= 15 is 0 Å². The fourth-order valence-corrected chi connectivity index (χ4v) is 4.45. The van der Waals surface area contributed by atoms with Gasteiger partial charge in [0.15, 0.2) is 0 Å². The van der Waals surface area contributed by atoms with Crippen LogP contribution in [-0.4, -0.2) is 23.1 Å². The van der Waals surface area contributed by atoms with Crippen LogP contribution in [-0.2, 0) is 14.3 Å². The van der Waals surface area contributed by atoms with E-state index < -0.39 is 5.97 Å². The largest absolute Gasteiger partial charge is 0.481 e. The molecule has 0 saturated carbocycles. The zero-order chi connectivity index (χ0) is 29.4. The van der Waals surface area contributed by atoms with Gasteiger partial charge in [0.2, 0.25) is 0 Å². The summed E-state index contributed by atoms with van der Waals surface area (Å²) in [6.45, 7) is 4.31. The van der Waals surface area contributed by atoms with Gasteiger partial charge in [0, 0.05) is 12.8 Å². The number of unbranched alkanes of at least 4 members (excludes halogenated alkanes) is 9. The van der Waals surface area contributed by atoms with Gasteiger partial charge >= 0.3 is 11.9 Å². The SMILES string of the molecule is CC/C=C\C/C=C\C/C=C\C/C=C\C/C=C\CCCC(=O)OC(CCC)CCCCCCCCCCCC(=O)O. The van der Waals surface area contributed by atoms with Crippen molar-refractivity contribution in [3.05, 3.63) is 60.8 Å². The summed E-state index contributed by atoms with van der Waals surface area (Å²) in [5, 5.41) is 8.65. The molecule has 0 aliphatic heterocycles. The summed E-state index contributed by atoms with van der Waals surface area (Å²) in [4.78, 5) is 22.8. The number of allylic oxidation sites excluding steroid dienone is 10. The molecule has 1 atom stereocenters. The Morgan fingerprint density at radius 3 is 1.55 bits per heavy atom. The molecular weight excluding hydrogens is 496 g/mol. The van der Waals surface area contributed by atoms with Gasteiger partial charge in [-0.1, -0.05) is 126 Å². The fourth-order valence-electron chi connectivity index (χ4n) is 4.45. The van der Waals surface area contributed by atoms with Gasteiger partial charge in [-0.05, 0) is 70.6 Å². The van der Waals surface area contributed by atoms with E-state index in [0.29, 0.717) is 12.8 Å².